The lowest BCUT2D eigenvalue weighted by atomic mass is 10.1. The van der Waals surface area contributed by atoms with E-state index in [-0.39, 0.29) is 12.5 Å². The molecule has 0 saturated carbocycles. The lowest BCUT2D eigenvalue weighted by Gasteiger charge is -2.19. The second-order valence-electron chi connectivity index (χ2n) is 6.61. The molecule has 150 valence electrons. The Morgan fingerprint density at radius 3 is 2.17 bits per heavy atom. The normalized spacial score (nSPS) is 10.3. The van der Waals surface area contributed by atoms with E-state index in [1.54, 1.807) is 38.3 Å². The van der Waals surface area contributed by atoms with Gasteiger partial charge >= 0.3 is 0 Å². The molecule has 5 nitrogen and oxygen atoms in total. The molecule has 3 rings (SSSR count). The van der Waals surface area contributed by atoms with Crippen LogP contribution in [0.25, 0.3) is 0 Å². The highest BCUT2D eigenvalue weighted by atomic mass is 16.5. The van der Waals surface area contributed by atoms with Gasteiger partial charge in [0.1, 0.15) is 12.4 Å². The quantitative estimate of drug-likeness (QED) is 0.565. The highest BCUT2D eigenvalue weighted by Gasteiger charge is 2.15. The highest BCUT2D eigenvalue weighted by Crippen LogP contribution is 2.28. The summed E-state index contributed by atoms with van der Waals surface area (Å²) in [6.45, 7) is 0.797. The van der Waals surface area contributed by atoms with Crippen LogP contribution >= 0.6 is 0 Å². The molecule has 0 N–H and O–H groups in total. The molecule has 0 spiro atoms. The molecular weight excluding hydrogens is 366 g/mol. The number of nitrogens with zero attached hydrogens (tertiary/aromatic N) is 1. The first-order valence-electron chi connectivity index (χ1n) is 9.34. The molecule has 0 saturated heterocycles. The summed E-state index contributed by atoms with van der Waals surface area (Å²) in [5, 5.41) is 0. The zero-order valence-electron chi connectivity index (χ0n) is 16.9. The Hall–Kier alpha value is -3.47. The highest BCUT2D eigenvalue weighted by molar-refractivity contribution is 5.94. The molecule has 0 bridgehead atoms. The molecule has 0 aliphatic heterocycles. The number of methoxy groups -OCH3 is 2. The summed E-state index contributed by atoms with van der Waals surface area (Å²) >= 11 is 0. The summed E-state index contributed by atoms with van der Waals surface area (Å²) < 4.78 is 16.7. The van der Waals surface area contributed by atoms with Crippen LogP contribution in [0.15, 0.2) is 72.8 Å². The van der Waals surface area contributed by atoms with Gasteiger partial charge in [-0.3, -0.25) is 4.79 Å². The molecule has 0 fully saturated rings. The van der Waals surface area contributed by atoms with Crippen LogP contribution in [0.5, 0.6) is 17.2 Å². The average Bonchev–Trinajstić information content (AvgIpc) is 2.77. The van der Waals surface area contributed by atoms with E-state index < -0.39 is 0 Å². The summed E-state index contributed by atoms with van der Waals surface area (Å²) in [5.74, 6) is 1.90. The number of para-hydroxylation sites is 2. The van der Waals surface area contributed by atoms with Crippen molar-refractivity contribution in [3.05, 3.63) is 89.5 Å². The largest absolute Gasteiger partial charge is 0.496 e. The number of rotatable bonds is 8. The van der Waals surface area contributed by atoms with E-state index in [9.17, 15) is 4.79 Å². The van der Waals surface area contributed by atoms with Gasteiger partial charge in [-0.05, 0) is 35.9 Å². The van der Waals surface area contributed by atoms with Crippen molar-refractivity contribution in [2.24, 2.45) is 0 Å². The fraction of sp³-hybridized carbons (Fsp3) is 0.208. The van der Waals surface area contributed by atoms with Crippen molar-refractivity contribution in [2.75, 3.05) is 21.3 Å². The Labute approximate surface area is 171 Å². The van der Waals surface area contributed by atoms with Crippen molar-refractivity contribution in [3.8, 4) is 17.2 Å². The zero-order valence-corrected chi connectivity index (χ0v) is 16.9. The summed E-state index contributed by atoms with van der Waals surface area (Å²) in [6, 6.07) is 22.7. The van der Waals surface area contributed by atoms with Crippen LogP contribution in [-0.2, 0) is 13.2 Å². The molecule has 0 atom stereocenters. The third kappa shape index (κ3) is 5.08. The van der Waals surface area contributed by atoms with Crippen LogP contribution in [0, 0.1) is 0 Å². The minimum absolute atomic E-state index is 0.0601. The topological polar surface area (TPSA) is 48.0 Å². The smallest absolute Gasteiger partial charge is 0.253 e. The number of carbonyl (C=O) groups excluding carboxylic acids is 1. The van der Waals surface area contributed by atoms with Gasteiger partial charge in [-0.25, -0.2) is 0 Å². The van der Waals surface area contributed by atoms with E-state index in [4.69, 9.17) is 14.2 Å². The molecule has 3 aromatic carbocycles. The van der Waals surface area contributed by atoms with Gasteiger partial charge in [-0.15, -0.1) is 0 Å². The van der Waals surface area contributed by atoms with E-state index in [1.807, 2.05) is 60.7 Å². The molecule has 0 radical (unpaired) electrons. The lowest BCUT2D eigenvalue weighted by molar-refractivity contribution is 0.0785. The number of ether oxygens (including phenoxy) is 3. The Morgan fingerprint density at radius 2 is 1.48 bits per heavy atom. The third-order valence-electron chi connectivity index (χ3n) is 4.59. The first-order valence-corrected chi connectivity index (χ1v) is 9.34. The fourth-order valence-electron chi connectivity index (χ4n) is 3.07. The molecule has 3 aromatic rings. The summed E-state index contributed by atoms with van der Waals surface area (Å²) in [7, 11) is 5.00. The number of hydrogen-bond acceptors (Lipinski definition) is 4. The van der Waals surface area contributed by atoms with Gasteiger partial charge in [0.05, 0.1) is 14.2 Å². The Kier molecular flexibility index (Phi) is 6.74. The molecule has 0 heterocycles. The van der Waals surface area contributed by atoms with Crippen molar-refractivity contribution in [1.29, 1.82) is 0 Å². The molecule has 0 unspecified atom stereocenters. The fourth-order valence-corrected chi connectivity index (χ4v) is 3.07. The van der Waals surface area contributed by atoms with Gasteiger partial charge in [0, 0.05) is 24.7 Å². The van der Waals surface area contributed by atoms with Gasteiger partial charge in [-0.1, -0.05) is 42.5 Å². The second kappa shape index (κ2) is 9.64. The molecule has 1 amide bonds. The first-order chi connectivity index (χ1) is 14.1. The summed E-state index contributed by atoms with van der Waals surface area (Å²) in [6.07, 6.45) is 0. The van der Waals surface area contributed by atoms with Crippen LogP contribution in [0.1, 0.15) is 21.5 Å². The monoisotopic (exact) mass is 391 g/mol. The van der Waals surface area contributed by atoms with E-state index >= 15 is 0 Å². The van der Waals surface area contributed by atoms with Crippen molar-refractivity contribution in [3.63, 3.8) is 0 Å². The summed E-state index contributed by atoms with van der Waals surface area (Å²) in [4.78, 5) is 14.6. The Bertz CT molecular complexity index is 956. The van der Waals surface area contributed by atoms with Crippen LogP contribution in [0.2, 0.25) is 0 Å². The van der Waals surface area contributed by atoms with Crippen molar-refractivity contribution in [2.45, 2.75) is 13.2 Å². The maximum Gasteiger partial charge on any atom is 0.253 e. The maximum absolute atomic E-state index is 12.9. The van der Waals surface area contributed by atoms with Crippen molar-refractivity contribution >= 4 is 5.91 Å². The molecule has 0 aliphatic carbocycles. The van der Waals surface area contributed by atoms with Gasteiger partial charge < -0.3 is 19.1 Å². The molecule has 0 aromatic heterocycles. The van der Waals surface area contributed by atoms with E-state index in [2.05, 4.69) is 0 Å². The van der Waals surface area contributed by atoms with Crippen LogP contribution in [0.3, 0.4) is 0 Å². The molecule has 29 heavy (non-hydrogen) atoms. The predicted molar refractivity (Wildman–Crippen MR) is 113 cm³/mol. The molecular formula is C24H25NO4. The SMILES string of the molecule is COc1ccc(C(=O)N(C)Cc2ccccc2)cc1COc1ccccc1OC. The van der Waals surface area contributed by atoms with Crippen LogP contribution < -0.4 is 14.2 Å². The third-order valence-corrected chi connectivity index (χ3v) is 4.59. The van der Waals surface area contributed by atoms with Gasteiger partial charge in [0.15, 0.2) is 11.5 Å². The van der Waals surface area contributed by atoms with Crippen molar-refractivity contribution < 1.29 is 19.0 Å². The van der Waals surface area contributed by atoms with Crippen LogP contribution in [0.4, 0.5) is 0 Å². The molecule has 5 heteroatoms. The number of hydrogen-bond donors (Lipinski definition) is 0. The molecule has 0 aliphatic rings. The lowest BCUT2D eigenvalue weighted by Crippen LogP contribution is -2.26. The van der Waals surface area contributed by atoms with Crippen molar-refractivity contribution in [1.82, 2.24) is 4.90 Å². The summed E-state index contributed by atoms with van der Waals surface area (Å²) in [5.41, 5.74) is 2.46. The Morgan fingerprint density at radius 1 is 0.828 bits per heavy atom. The van der Waals surface area contributed by atoms with Gasteiger partial charge in [-0.2, -0.15) is 0 Å². The first kappa shape index (κ1) is 20.3. The van der Waals surface area contributed by atoms with Gasteiger partial charge in [0.25, 0.3) is 5.91 Å². The Balaban J connectivity index is 1.76. The van der Waals surface area contributed by atoms with E-state index in [0.29, 0.717) is 29.4 Å². The van der Waals surface area contributed by atoms with Crippen LogP contribution in [-0.4, -0.2) is 32.1 Å². The minimum Gasteiger partial charge on any atom is -0.496 e. The minimum atomic E-state index is -0.0601. The van der Waals surface area contributed by atoms with Gasteiger partial charge in [0.2, 0.25) is 0 Å². The number of amides is 1. The van der Waals surface area contributed by atoms with E-state index in [1.165, 1.54) is 0 Å². The number of carbonyl (C=O) groups is 1. The maximum atomic E-state index is 12.9. The number of benzene rings is 3. The van der Waals surface area contributed by atoms with E-state index in [0.717, 1.165) is 11.1 Å². The standard InChI is InChI=1S/C24H25NO4/c1-25(16-18-9-5-4-6-10-18)24(26)19-13-14-21(27-2)20(15-19)17-29-23-12-8-7-11-22(23)28-3/h4-15H,16-17H2,1-3H3. The average molecular weight is 391 g/mol. The zero-order chi connectivity index (χ0) is 20.6. The second-order valence-corrected chi connectivity index (χ2v) is 6.61. The predicted octanol–water partition coefficient (Wildman–Crippen LogP) is 4.56.